The van der Waals surface area contributed by atoms with E-state index in [-0.39, 0.29) is 17.6 Å². The molecular formula is C20H21FN4O2. The minimum absolute atomic E-state index is 0.208. The molecular weight excluding hydrogens is 347 g/mol. The summed E-state index contributed by atoms with van der Waals surface area (Å²) in [6, 6.07) is 14.1. The number of nitrogens with one attached hydrogen (secondary N) is 1. The number of aromatic nitrogens is 1. The number of hydrogen-bond acceptors (Lipinski definition) is 5. The number of fused-ring (bicyclic) bond motifs is 1. The van der Waals surface area contributed by atoms with Crippen LogP contribution in [0.1, 0.15) is 6.92 Å². The fourth-order valence-electron chi connectivity index (χ4n) is 3.26. The minimum atomic E-state index is -0.432. The summed E-state index contributed by atoms with van der Waals surface area (Å²) in [5.74, 6) is -0.644. The van der Waals surface area contributed by atoms with Crippen LogP contribution in [-0.4, -0.2) is 48.0 Å². The molecule has 0 radical (unpaired) electrons. The molecule has 1 aliphatic heterocycles. The van der Waals surface area contributed by atoms with Gasteiger partial charge in [0.25, 0.3) is 6.01 Å². The topological polar surface area (TPSA) is 61.6 Å². The SMILES string of the molecule is CC(C(=O)Nc1ccccc1F)N1CCN(c2nc3ccccc3o2)CC1. The first kappa shape index (κ1) is 17.5. The van der Waals surface area contributed by atoms with Gasteiger partial charge in [-0.05, 0) is 31.2 Å². The monoisotopic (exact) mass is 368 g/mol. The van der Waals surface area contributed by atoms with Crippen LogP contribution in [0.3, 0.4) is 0 Å². The van der Waals surface area contributed by atoms with Crippen molar-refractivity contribution in [3.63, 3.8) is 0 Å². The molecule has 140 valence electrons. The van der Waals surface area contributed by atoms with Crippen molar-refractivity contribution >= 4 is 28.7 Å². The van der Waals surface area contributed by atoms with Gasteiger partial charge in [0.2, 0.25) is 5.91 Å². The third kappa shape index (κ3) is 3.64. The Bertz CT molecular complexity index is 917. The first-order valence-corrected chi connectivity index (χ1v) is 9.02. The highest BCUT2D eigenvalue weighted by Gasteiger charge is 2.27. The van der Waals surface area contributed by atoms with Gasteiger partial charge in [0.1, 0.15) is 11.3 Å². The van der Waals surface area contributed by atoms with Gasteiger partial charge in [0.05, 0.1) is 11.7 Å². The maximum Gasteiger partial charge on any atom is 0.298 e. The summed E-state index contributed by atoms with van der Waals surface area (Å²) in [4.78, 5) is 21.2. The van der Waals surface area contributed by atoms with E-state index in [1.54, 1.807) is 18.2 Å². The first-order valence-electron chi connectivity index (χ1n) is 9.02. The van der Waals surface area contributed by atoms with Crippen LogP contribution in [0.25, 0.3) is 11.1 Å². The lowest BCUT2D eigenvalue weighted by Crippen LogP contribution is -2.53. The summed E-state index contributed by atoms with van der Waals surface area (Å²) in [7, 11) is 0. The Balaban J connectivity index is 1.36. The van der Waals surface area contributed by atoms with Crippen molar-refractivity contribution in [1.29, 1.82) is 0 Å². The largest absolute Gasteiger partial charge is 0.423 e. The van der Waals surface area contributed by atoms with E-state index in [0.717, 1.165) is 11.1 Å². The number of nitrogens with zero attached hydrogens (tertiary/aromatic N) is 3. The highest BCUT2D eigenvalue weighted by atomic mass is 19.1. The summed E-state index contributed by atoms with van der Waals surface area (Å²) < 4.78 is 19.5. The summed E-state index contributed by atoms with van der Waals surface area (Å²) in [6.07, 6.45) is 0. The van der Waals surface area contributed by atoms with Crippen LogP contribution in [0.2, 0.25) is 0 Å². The van der Waals surface area contributed by atoms with Crippen molar-refractivity contribution in [1.82, 2.24) is 9.88 Å². The summed E-state index contributed by atoms with van der Waals surface area (Å²) in [5, 5.41) is 2.67. The van der Waals surface area contributed by atoms with Crippen LogP contribution in [0.15, 0.2) is 52.9 Å². The van der Waals surface area contributed by atoms with Gasteiger partial charge >= 0.3 is 0 Å². The number of rotatable bonds is 4. The summed E-state index contributed by atoms with van der Waals surface area (Å²) in [6.45, 7) is 4.66. The molecule has 1 aliphatic rings. The Morgan fingerprint density at radius 3 is 2.56 bits per heavy atom. The van der Waals surface area contributed by atoms with E-state index < -0.39 is 5.82 Å². The number of amides is 1. The number of piperazine rings is 1. The van der Waals surface area contributed by atoms with Crippen LogP contribution in [0.4, 0.5) is 16.1 Å². The number of carbonyl (C=O) groups is 1. The minimum Gasteiger partial charge on any atom is -0.423 e. The third-order valence-corrected chi connectivity index (χ3v) is 4.93. The average molecular weight is 368 g/mol. The molecule has 27 heavy (non-hydrogen) atoms. The highest BCUT2D eigenvalue weighted by molar-refractivity contribution is 5.94. The molecule has 1 fully saturated rings. The molecule has 4 rings (SSSR count). The maximum absolute atomic E-state index is 13.7. The second-order valence-corrected chi connectivity index (χ2v) is 6.63. The Hall–Kier alpha value is -2.93. The summed E-state index contributed by atoms with van der Waals surface area (Å²) >= 11 is 0. The van der Waals surface area contributed by atoms with Crippen molar-refractivity contribution in [3.8, 4) is 0 Å². The number of benzene rings is 2. The van der Waals surface area contributed by atoms with Gasteiger partial charge in [-0.15, -0.1) is 0 Å². The van der Waals surface area contributed by atoms with Gasteiger partial charge in [0.15, 0.2) is 5.58 Å². The van der Waals surface area contributed by atoms with Gasteiger partial charge in [0, 0.05) is 26.2 Å². The molecule has 0 bridgehead atoms. The lowest BCUT2D eigenvalue weighted by atomic mass is 10.2. The molecule has 3 aromatic rings. The molecule has 2 heterocycles. The average Bonchev–Trinajstić information content (AvgIpc) is 3.13. The fraction of sp³-hybridized carbons (Fsp3) is 0.300. The van der Waals surface area contributed by atoms with Crippen molar-refractivity contribution in [2.24, 2.45) is 0 Å². The fourth-order valence-corrected chi connectivity index (χ4v) is 3.26. The van der Waals surface area contributed by atoms with E-state index >= 15 is 0 Å². The Kier molecular flexibility index (Phi) is 4.77. The second kappa shape index (κ2) is 7.36. The van der Waals surface area contributed by atoms with Crippen LogP contribution in [0, 0.1) is 5.82 Å². The predicted molar refractivity (Wildman–Crippen MR) is 102 cm³/mol. The van der Waals surface area contributed by atoms with Crippen LogP contribution in [0.5, 0.6) is 0 Å². The number of carbonyl (C=O) groups excluding carboxylic acids is 1. The Labute approximate surface area is 156 Å². The normalized spacial score (nSPS) is 16.4. The molecule has 1 amide bonds. The standard InChI is InChI=1S/C20H21FN4O2/c1-14(19(26)22-16-7-3-2-6-15(16)21)24-10-12-25(13-11-24)20-23-17-8-4-5-9-18(17)27-20/h2-9,14H,10-13H2,1H3,(H,22,26). The maximum atomic E-state index is 13.7. The Morgan fingerprint density at radius 2 is 1.81 bits per heavy atom. The first-order chi connectivity index (χ1) is 13.1. The van der Waals surface area contributed by atoms with Gasteiger partial charge < -0.3 is 14.6 Å². The van der Waals surface area contributed by atoms with E-state index in [9.17, 15) is 9.18 Å². The zero-order valence-corrected chi connectivity index (χ0v) is 15.1. The van der Waals surface area contributed by atoms with E-state index in [2.05, 4.69) is 20.1 Å². The lowest BCUT2D eigenvalue weighted by Gasteiger charge is -2.36. The molecule has 0 aliphatic carbocycles. The Morgan fingerprint density at radius 1 is 1.11 bits per heavy atom. The van der Waals surface area contributed by atoms with Crippen molar-refractivity contribution in [2.45, 2.75) is 13.0 Å². The summed E-state index contributed by atoms with van der Waals surface area (Å²) in [5.41, 5.74) is 1.82. The van der Waals surface area contributed by atoms with Crippen molar-refractivity contribution in [3.05, 3.63) is 54.3 Å². The van der Waals surface area contributed by atoms with E-state index in [0.29, 0.717) is 32.2 Å². The molecule has 0 saturated carbocycles. The third-order valence-electron chi connectivity index (χ3n) is 4.93. The zero-order chi connectivity index (χ0) is 18.8. The molecule has 7 heteroatoms. The number of halogens is 1. The van der Waals surface area contributed by atoms with Crippen molar-refractivity contribution < 1.29 is 13.6 Å². The van der Waals surface area contributed by atoms with Crippen LogP contribution < -0.4 is 10.2 Å². The van der Waals surface area contributed by atoms with Crippen LogP contribution >= 0.6 is 0 Å². The lowest BCUT2D eigenvalue weighted by molar-refractivity contribution is -0.120. The van der Waals surface area contributed by atoms with E-state index in [4.69, 9.17) is 4.42 Å². The molecule has 2 aromatic carbocycles. The van der Waals surface area contributed by atoms with Crippen molar-refractivity contribution in [2.75, 3.05) is 36.4 Å². The van der Waals surface area contributed by atoms with E-state index in [1.165, 1.54) is 6.07 Å². The molecule has 1 atom stereocenters. The second-order valence-electron chi connectivity index (χ2n) is 6.63. The smallest absolute Gasteiger partial charge is 0.298 e. The van der Waals surface area contributed by atoms with Gasteiger partial charge in [-0.25, -0.2) is 4.39 Å². The van der Waals surface area contributed by atoms with Crippen LogP contribution in [-0.2, 0) is 4.79 Å². The molecule has 1 aromatic heterocycles. The number of hydrogen-bond donors (Lipinski definition) is 1. The predicted octanol–water partition coefficient (Wildman–Crippen LogP) is 3.12. The van der Waals surface area contributed by atoms with Gasteiger partial charge in [-0.1, -0.05) is 24.3 Å². The number of para-hydroxylation sites is 3. The quantitative estimate of drug-likeness (QED) is 0.767. The molecule has 6 nitrogen and oxygen atoms in total. The molecule has 0 spiro atoms. The number of anilines is 2. The molecule has 1 N–H and O–H groups in total. The van der Waals surface area contributed by atoms with E-state index in [1.807, 2.05) is 31.2 Å². The molecule has 1 saturated heterocycles. The molecule has 1 unspecified atom stereocenters. The highest BCUT2D eigenvalue weighted by Crippen LogP contribution is 2.23. The van der Waals surface area contributed by atoms with Gasteiger partial charge in [-0.3, -0.25) is 9.69 Å². The zero-order valence-electron chi connectivity index (χ0n) is 15.1. The van der Waals surface area contributed by atoms with Gasteiger partial charge in [-0.2, -0.15) is 4.98 Å². The number of oxazole rings is 1.